The van der Waals surface area contributed by atoms with Crippen molar-refractivity contribution in [3.05, 3.63) is 35.9 Å². The first-order valence-electron chi connectivity index (χ1n) is 9.38. The van der Waals surface area contributed by atoms with Gasteiger partial charge in [0, 0.05) is 6.54 Å². The Morgan fingerprint density at radius 3 is 2.39 bits per heavy atom. The molecule has 0 N–H and O–H groups in total. The Hall–Kier alpha value is -2.38. The molecule has 0 aliphatic carbocycles. The van der Waals surface area contributed by atoms with Crippen LogP contribution in [-0.2, 0) is 16.1 Å². The van der Waals surface area contributed by atoms with Gasteiger partial charge < -0.3 is 14.4 Å². The number of hydrogen-bond donors (Lipinski definition) is 0. The number of alkyl halides is 2. The van der Waals surface area contributed by atoms with E-state index in [4.69, 9.17) is 9.47 Å². The molecular formula is C20H26F2N2O4. The highest BCUT2D eigenvalue weighted by Gasteiger charge is 2.70. The number of ether oxygens (including phenoxy) is 2. The molecule has 2 saturated heterocycles. The van der Waals surface area contributed by atoms with Crippen molar-refractivity contribution in [1.82, 2.24) is 9.80 Å². The number of halogens is 2. The Kier molecular flexibility index (Phi) is 5.25. The third-order valence-electron chi connectivity index (χ3n) is 5.10. The molecule has 1 aromatic carbocycles. The molecule has 0 aromatic heterocycles. The number of benzene rings is 1. The van der Waals surface area contributed by atoms with E-state index in [1.54, 1.807) is 32.9 Å². The second-order valence-electron chi connectivity index (χ2n) is 8.37. The molecule has 0 bridgehead atoms. The molecule has 1 spiro atoms. The van der Waals surface area contributed by atoms with Gasteiger partial charge in [0.1, 0.15) is 17.7 Å². The van der Waals surface area contributed by atoms with Gasteiger partial charge >= 0.3 is 12.2 Å². The molecular weight excluding hydrogens is 370 g/mol. The lowest BCUT2D eigenvalue weighted by molar-refractivity contribution is -0.245. The van der Waals surface area contributed by atoms with Crippen LogP contribution in [0.4, 0.5) is 18.4 Å². The number of rotatable bonds is 2. The molecule has 154 valence electrons. The lowest BCUT2D eigenvalue weighted by Gasteiger charge is -2.59. The molecule has 0 radical (unpaired) electrons. The zero-order chi connectivity index (χ0) is 20.6. The summed E-state index contributed by atoms with van der Waals surface area (Å²) in [6.45, 7) is 4.51. The Balaban J connectivity index is 1.70. The summed E-state index contributed by atoms with van der Waals surface area (Å²) >= 11 is 0. The molecule has 1 aromatic rings. The number of hydrogen-bond acceptors (Lipinski definition) is 4. The molecule has 8 heteroatoms. The van der Waals surface area contributed by atoms with Crippen molar-refractivity contribution in [2.24, 2.45) is 0 Å². The summed E-state index contributed by atoms with van der Waals surface area (Å²) in [6.07, 6.45) is -0.968. The van der Waals surface area contributed by atoms with Gasteiger partial charge in [-0.1, -0.05) is 30.3 Å². The van der Waals surface area contributed by atoms with E-state index in [0.29, 0.717) is 13.0 Å². The lowest BCUT2D eigenvalue weighted by Crippen LogP contribution is -2.81. The highest BCUT2D eigenvalue weighted by atomic mass is 19.3. The lowest BCUT2D eigenvalue weighted by atomic mass is 9.74. The third kappa shape index (κ3) is 3.91. The molecule has 3 rings (SSSR count). The van der Waals surface area contributed by atoms with Crippen LogP contribution >= 0.6 is 0 Å². The van der Waals surface area contributed by atoms with E-state index in [0.717, 1.165) is 10.5 Å². The Morgan fingerprint density at radius 2 is 1.79 bits per heavy atom. The number of nitrogens with zero attached hydrogens (tertiary/aromatic N) is 2. The van der Waals surface area contributed by atoms with Crippen molar-refractivity contribution < 1.29 is 27.8 Å². The van der Waals surface area contributed by atoms with Crippen LogP contribution in [0.2, 0.25) is 0 Å². The predicted octanol–water partition coefficient (Wildman–Crippen LogP) is 4.04. The highest BCUT2D eigenvalue weighted by molar-refractivity contribution is 5.72. The van der Waals surface area contributed by atoms with Crippen LogP contribution in [0.15, 0.2) is 30.3 Å². The largest absolute Gasteiger partial charge is 0.445 e. The molecule has 2 fully saturated rings. The van der Waals surface area contributed by atoms with Crippen molar-refractivity contribution in [1.29, 1.82) is 0 Å². The summed E-state index contributed by atoms with van der Waals surface area (Å²) in [6, 6.07) is 9.03. The Morgan fingerprint density at radius 1 is 1.11 bits per heavy atom. The summed E-state index contributed by atoms with van der Waals surface area (Å²) in [5.74, 6) is -3.08. The summed E-state index contributed by atoms with van der Waals surface area (Å²) in [7, 11) is 0. The van der Waals surface area contributed by atoms with Gasteiger partial charge in [-0.25, -0.2) is 18.4 Å². The van der Waals surface area contributed by atoms with Gasteiger partial charge in [-0.05, 0) is 39.2 Å². The van der Waals surface area contributed by atoms with E-state index in [1.165, 1.54) is 4.90 Å². The first kappa shape index (κ1) is 20.4. The maximum atomic E-state index is 14.6. The van der Waals surface area contributed by atoms with Crippen molar-refractivity contribution in [3.63, 3.8) is 0 Å². The van der Waals surface area contributed by atoms with Gasteiger partial charge in [0.05, 0.1) is 13.1 Å². The fraction of sp³-hybridized carbons (Fsp3) is 0.600. The topological polar surface area (TPSA) is 59.1 Å². The van der Waals surface area contributed by atoms with E-state index in [2.05, 4.69) is 0 Å². The molecule has 0 unspecified atom stereocenters. The number of carbonyl (C=O) groups is 2. The summed E-state index contributed by atoms with van der Waals surface area (Å²) in [5, 5.41) is 0. The van der Waals surface area contributed by atoms with Crippen LogP contribution in [0.3, 0.4) is 0 Å². The standard InChI is InChI=1S/C20H26F2N2O4/c1-18(2,3)28-16(25)23-11-7-10-19(13-23)20(21,22)14-24(19)17(26)27-12-15-8-5-4-6-9-15/h4-6,8-9H,7,10-14H2,1-3H3/t19-/m1/s1. The average Bonchev–Trinajstić information content (AvgIpc) is 2.64. The highest BCUT2D eigenvalue weighted by Crippen LogP contribution is 2.50. The normalized spacial score (nSPS) is 23.9. The number of carbonyl (C=O) groups excluding carboxylic acids is 2. The maximum absolute atomic E-state index is 14.6. The van der Waals surface area contributed by atoms with E-state index in [-0.39, 0.29) is 19.6 Å². The predicted molar refractivity (Wildman–Crippen MR) is 98.1 cm³/mol. The molecule has 28 heavy (non-hydrogen) atoms. The van der Waals surface area contributed by atoms with Gasteiger partial charge in [0.2, 0.25) is 0 Å². The first-order valence-corrected chi connectivity index (χ1v) is 9.38. The van der Waals surface area contributed by atoms with Gasteiger partial charge in [-0.2, -0.15) is 0 Å². The van der Waals surface area contributed by atoms with Crippen LogP contribution in [0.1, 0.15) is 39.2 Å². The van der Waals surface area contributed by atoms with Gasteiger partial charge in [0.15, 0.2) is 0 Å². The molecule has 1 atom stereocenters. The van der Waals surface area contributed by atoms with E-state index in [9.17, 15) is 18.4 Å². The quantitative estimate of drug-likeness (QED) is 0.757. The minimum atomic E-state index is -3.08. The van der Waals surface area contributed by atoms with Crippen LogP contribution in [0, 0.1) is 0 Å². The number of piperidine rings is 1. The second kappa shape index (κ2) is 7.22. The molecule has 2 heterocycles. The van der Waals surface area contributed by atoms with Gasteiger partial charge in [-0.15, -0.1) is 0 Å². The fourth-order valence-corrected chi connectivity index (χ4v) is 3.68. The SMILES string of the molecule is CC(C)(C)OC(=O)N1CCC[C@]2(C1)N(C(=O)OCc1ccccc1)CC2(F)F. The smallest absolute Gasteiger partial charge is 0.411 e. The molecule has 0 saturated carbocycles. The summed E-state index contributed by atoms with van der Waals surface area (Å²) in [5.41, 5.74) is -1.69. The fourth-order valence-electron chi connectivity index (χ4n) is 3.68. The summed E-state index contributed by atoms with van der Waals surface area (Å²) < 4.78 is 39.8. The maximum Gasteiger partial charge on any atom is 0.411 e. The van der Waals surface area contributed by atoms with Crippen molar-refractivity contribution in [2.45, 2.75) is 57.3 Å². The van der Waals surface area contributed by atoms with E-state index >= 15 is 0 Å². The average molecular weight is 396 g/mol. The summed E-state index contributed by atoms with van der Waals surface area (Å²) in [4.78, 5) is 27.2. The molecule has 6 nitrogen and oxygen atoms in total. The van der Waals surface area contributed by atoms with Crippen molar-refractivity contribution in [2.75, 3.05) is 19.6 Å². The monoisotopic (exact) mass is 396 g/mol. The van der Waals surface area contributed by atoms with Crippen LogP contribution < -0.4 is 0 Å². The van der Waals surface area contributed by atoms with Crippen molar-refractivity contribution in [3.8, 4) is 0 Å². The van der Waals surface area contributed by atoms with Crippen LogP contribution in [0.25, 0.3) is 0 Å². The molecule has 2 aliphatic rings. The third-order valence-corrected chi connectivity index (χ3v) is 5.10. The minimum absolute atomic E-state index is 0.00754. The second-order valence-corrected chi connectivity index (χ2v) is 8.37. The minimum Gasteiger partial charge on any atom is -0.445 e. The van der Waals surface area contributed by atoms with Crippen LogP contribution in [-0.4, -0.2) is 58.7 Å². The molecule has 2 amide bonds. The Labute approximate surface area is 163 Å². The van der Waals surface area contributed by atoms with Crippen LogP contribution in [0.5, 0.6) is 0 Å². The van der Waals surface area contributed by atoms with E-state index < -0.39 is 35.8 Å². The van der Waals surface area contributed by atoms with Gasteiger partial charge in [-0.3, -0.25) is 4.90 Å². The van der Waals surface area contributed by atoms with Crippen molar-refractivity contribution >= 4 is 12.2 Å². The molecule has 2 aliphatic heterocycles. The zero-order valence-corrected chi connectivity index (χ0v) is 16.4. The Bertz CT molecular complexity index is 735. The number of amides is 2. The zero-order valence-electron chi connectivity index (χ0n) is 16.4. The van der Waals surface area contributed by atoms with E-state index in [1.807, 2.05) is 18.2 Å². The number of likely N-dealkylation sites (tertiary alicyclic amines) is 2. The van der Waals surface area contributed by atoms with Gasteiger partial charge in [0.25, 0.3) is 5.92 Å². The first-order chi connectivity index (χ1) is 13.0.